The van der Waals surface area contributed by atoms with E-state index in [4.69, 9.17) is 16.3 Å². The van der Waals surface area contributed by atoms with Gasteiger partial charge >= 0.3 is 5.97 Å². The van der Waals surface area contributed by atoms with Gasteiger partial charge < -0.3 is 10.1 Å². The minimum atomic E-state index is -3.72. The summed E-state index contributed by atoms with van der Waals surface area (Å²) in [5.74, 6) is -1.31. The fourth-order valence-corrected chi connectivity index (χ4v) is 4.34. The summed E-state index contributed by atoms with van der Waals surface area (Å²) >= 11 is 5.86. The molecule has 1 amide bonds. The second kappa shape index (κ2) is 9.87. The molecule has 0 unspecified atom stereocenters. The van der Waals surface area contributed by atoms with Crippen molar-refractivity contribution >= 4 is 39.2 Å². The molecule has 0 aromatic heterocycles. The number of halogens is 1. The molecule has 0 atom stereocenters. The van der Waals surface area contributed by atoms with Gasteiger partial charge in [-0.15, -0.1) is 0 Å². The van der Waals surface area contributed by atoms with E-state index >= 15 is 0 Å². The zero-order valence-electron chi connectivity index (χ0n) is 16.4. The molecule has 156 valence electrons. The number of benzene rings is 2. The standard InChI is InChI=1S/C20H23ClN2O5S/c1-4-23(5-2)29(26,27)17-10-9-14(3)18(12-17)20(25)28-13-19(24)22-16-8-6-7-15(21)11-16/h6-12H,4-5,13H2,1-3H3,(H,22,24). The van der Waals surface area contributed by atoms with Gasteiger partial charge in [0.25, 0.3) is 5.91 Å². The van der Waals surface area contributed by atoms with Crippen LogP contribution in [0.5, 0.6) is 0 Å². The summed E-state index contributed by atoms with van der Waals surface area (Å²) in [5.41, 5.74) is 1.11. The van der Waals surface area contributed by atoms with Crippen LogP contribution in [0, 0.1) is 6.92 Å². The van der Waals surface area contributed by atoms with E-state index in [0.717, 1.165) is 0 Å². The van der Waals surface area contributed by atoms with E-state index in [9.17, 15) is 18.0 Å². The van der Waals surface area contributed by atoms with E-state index in [-0.39, 0.29) is 10.5 Å². The molecule has 1 N–H and O–H groups in total. The third-order valence-corrected chi connectivity index (χ3v) is 6.50. The number of hydrogen-bond acceptors (Lipinski definition) is 5. The van der Waals surface area contributed by atoms with Crippen molar-refractivity contribution in [3.8, 4) is 0 Å². The number of rotatable bonds is 8. The summed E-state index contributed by atoms with van der Waals surface area (Å²) in [7, 11) is -3.72. The molecule has 0 spiro atoms. The molecule has 2 aromatic rings. The highest BCUT2D eigenvalue weighted by Gasteiger charge is 2.24. The van der Waals surface area contributed by atoms with Crippen LogP contribution in [0.2, 0.25) is 5.02 Å². The molecule has 0 aliphatic rings. The minimum absolute atomic E-state index is 0.00197. The number of aryl methyl sites for hydroxylation is 1. The largest absolute Gasteiger partial charge is 0.452 e. The summed E-state index contributed by atoms with van der Waals surface area (Å²) in [5, 5.41) is 3.03. The molecule has 0 radical (unpaired) electrons. The quantitative estimate of drug-likeness (QED) is 0.637. The topological polar surface area (TPSA) is 92.8 Å². The highest BCUT2D eigenvalue weighted by Crippen LogP contribution is 2.20. The number of nitrogens with zero attached hydrogens (tertiary/aromatic N) is 1. The van der Waals surface area contributed by atoms with Crippen LogP contribution in [0.1, 0.15) is 29.8 Å². The van der Waals surface area contributed by atoms with Gasteiger partial charge in [0.1, 0.15) is 0 Å². The van der Waals surface area contributed by atoms with E-state index in [1.807, 2.05) is 0 Å². The van der Waals surface area contributed by atoms with Gasteiger partial charge in [-0.2, -0.15) is 4.31 Å². The van der Waals surface area contributed by atoms with Gasteiger partial charge in [0.15, 0.2) is 6.61 Å². The molecule has 0 aliphatic carbocycles. The van der Waals surface area contributed by atoms with Crippen molar-refractivity contribution < 1.29 is 22.7 Å². The molecular weight excluding hydrogens is 416 g/mol. The lowest BCUT2D eigenvalue weighted by Gasteiger charge is -2.19. The van der Waals surface area contributed by atoms with Crippen molar-refractivity contribution in [3.63, 3.8) is 0 Å². The normalized spacial score (nSPS) is 11.3. The zero-order valence-corrected chi connectivity index (χ0v) is 18.0. The third-order valence-electron chi connectivity index (χ3n) is 4.21. The van der Waals surface area contributed by atoms with Gasteiger partial charge in [-0.1, -0.05) is 37.6 Å². The average molecular weight is 439 g/mol. The number of carbonyl (C=O) groups is 2. The second-order valence-corrected chi connectivity index (χ2v) is 8.58. The third kappa shape index (κ3) is 5.79. The molecule has 0 bridgehead atoms. The van der Waals surface area contributed by atoms with Gasteiger partial charge in [-0.05, 0) is 42.8 Å². The first-order valence-corrected chi connectivity index (χ1v) is 10.8. The average Bonchev–Trinajstić information content (AvgIpc) is 2.67. The molecule has 2 aromatic carbocycles. The van der Waals surface area contributed by atoms with Crippen molar-refractivity contribution in [1.29, 1.82) is 0 Å². The second-order valence-electron chi connectivity index (χ2n) is 6.20. The Kier molecular flexibility index (Phi) is 7.78. The van der Waals surface area contributed by atoms with Gasteiger partial charge in [0.05, 0.1) is 10.5 Å². The van der Waals surface area contributed by atoms with Crippen molar-refractivity contribution in [3.05, 3.63) is 58.6 Å². The van der Waals surface area contributed by atoms with Gasteiger partial charge in [-0.3, -0.25) is 4.79 Å². The lowest BCUT2D eigenvalue weighted by molar-refractivity contribution is -0.119. The number of ether oxygens (including phenoxy) is 1. The maximum absolute atomic E-state index is 12.7. The highest BCUT2D eigenvalue weighted by molar-refractivity contribution is 7.89. The molecule has 9 heteroatoms. The van der Waals surface area contributed by atoms with Crippen LogP contribution in [0.25, 0.3) is 0 Å². The lowest BCUT2D eigenvalue weighted by atomic mass is 10.1. The van der Waals surface area contributed by atoms with Crippen LogP contribution in [-0.2, 0) is 19.6 Å². The maximum atomic E-state index is 12.7. The zero-order chi connectivity index (χ0) is 21.6. The van der Waals surface area contributed by atoms with Crippen LogP contribution in [0.3, 0.4) is 0 Å². The lowest BCUT2D eigenvalue weighted by Crippen LogP contribution is -2.30. The Hall–Kier alpha value is -2.42. The van der Waals surface area contributed by atoms with Gasteiger partial charge in [0, 0.05) is 23.8 Å². The summed E-state index contributed by atoms with van der Waals surface area (Å²) in [6.07, 6.45) is 0. The smallest absolute Gasteiger partial charge is 0.338 e. The molecular formula is C20H23ClN2O5S. The maximum Gasteiger partial charge on any atom is 0.338 e. The first-order chi connectivity index (χ1) is 13.7. The molecule has 0 fully saturated rings. The predicted octanol–water partition coefficient (Wildman–Crippen LogP) is 3.47. The SMILES string of the molecule is CCN(CC)S(=O)(=O)c1ccc(C)c(C(=O)OCC(=O)Nc2cccc(Cl)c2)c1. The fourth-order valence-electron chi connectivity index (χ4n) is 2.67. The molecule has 0 heterocycles. The van der Waals surface area contributed by atoms with E-state index in [2.05, 4.69) is 5.32 Å². The molecule has 0 saturated heterocycles. The molecule has 2 rings (SSSR count). The summed E-state index contributed by atoms with van der Waals surface area (Å²) in [6.45, 7) is 5.26. The van der Waals surface area contributed by atoms with Gasteiger partial charge in [-0.25, -0.2) is 13.2 Å². The number of carbonyl (C=O) groups excluding carboxylic acids is 2. The molecule has 0 saturated carbocycles. The van der Waals surface area contributed by atoms with Crippen molar-refractivity contribution in [2.45, 2.75) is 25.7 Å². The van der Waals surface area contributed by atoms with E-state index in [0.29, 0.717) is 29.4 Å². The fraction of sp³-hybridized carbons (Fsp3) is 0.300. The number of sulfonamides is 1. The summed E-state index contributed by atoms with van der Waals surface area (Å²) in [4.78, 5) is 24.4. The van der Waals surface area contributed by atoms with E-state index in [1.54, 1.807) is 51.1 Å². The van der Waals surface area contributed by atoms with Crippen LogP contribution in [-0.4, -0.2) is 44.3 Å². The van der Waals surface area contributed by atoms with Crippen LogP contribution in [0.4, 0.5) is 5.69 Å². The minimum Gasteiger partial charge on any atom is -0.452 e. The highest BCUT2D eigenvalue weighted by atomic mass is 35.5. The number of hydrogen-bond donors (Lipinski definition) is 1. The Labute approximate surface area is 175 Å². The number of nitrogens with one attached hydrogen (secondary N) is 1. The number of anilines is 1. The summed E-state index contributed by atoms with van der Waals surface area (Å²) in [6, 6.07) is 10.8. The van der Waals surface area contributed by atoms with E-state index in [1.165, 1.54) is 16.4 Å². The van der Waals surface area contributed by atoms with Crippen molar-refractivity contribution in [2.24, 2.45) is 0 Å². The first-order valence-electron chi connectivity index (χ1n) is 9.02. The summed E-state index contributed by atoms with van der Waals surface area (Å²) < 4.78 is 31.7. The number of amides is 1. The predicted molar refractivity (Wildman–Crippen MR) is 112 cm³/mol. The molecule has 7 nitrogen and oxygen atoms in total. The number of esters is 1. The van der Waals surface area contributed by atoms with Crippen molar-refractivity contribution in [1.82, 2.24) is 4.31 Å². The molecule has 29 heavy (non-hydrogen) atoms. The van der Waals surface area contributed by atoms with E-state index < -0.39 is 28.5 Å². The Morgan fingerprint density at radius 2 is 1.79 bits per heavy atom. The Balaban J connectivity index is 2.11. The molecule has 0 aliphatic heterocycles. The van der Waals surface area contributed by atoms with Crippen molar-refractivity contribution in [2.75, 3.05) is 25.0 Å². The first kappa shape index (κ1) is 22.9. The monoisotopic (exact) mass is 438 g/mol. The van der Waals surface area contributed by atoms with Crippen LogP contribution in [0.15, 0.2) is 47.4 Å². The Morgan fingerprint density at radius 3 is 2.41 bits per heavy atom. The Bertz CT molecular complexity index is 1000. The van der Waals surface area contributed by atoms with Crippen LogP contribution >= 0.6 is 11.6 Å². The van der Waals surface area contributed by atoms with Crippen LogP contribution < -0.4 is 5.32 Å². The van der Waals surface area contributed by atoms with Gasteiger partial charge in [0.2, 0.25) is 10.0 Å². The Morgan fingerprint density at radius 1 is 1.10 bits per heavy atom.